The van der Waals surface area contributed by atoms with Gasteiger partial charge in [-0.1, -0.05) is 59.1 Å². The summed E-state index contributed by atoms with van der Waals surface area (Å²) in [4.78, 5) is 20.6. The van der Waals surface area contributed by atoms with E-state index in [1.807, 2.05) is 62.4 Å². The SMILES string of the molecule is COc1cc(/C=C2\SC(=Nc3ccc(C)cc3)N(c3ccc(C)cc3)C2=O)cc(Cl)c1OCc1ccc(F)cc1. The van der Waals surface area contributed by atoms with Gasteiger partial charge in [0, 0.05) is 0 Å². The number of nitrogens with zero attached hydrogens (tertiary/aromatic N) is 2. The molecule has 1 heterocycles. The van der Waals surface area contributed by atoms with Crippen LogP contribution in [0.5, 0.6) is 11.5 Å². The van der Waals surface area contributed by atoms with Gasteiger partial charge >= 0.3 is 0 Å². The lowest BCUT2D eigenvalue weighted by atomic mass is 10.1. The van der Waals surface area contributed by atoms with E-state index in [2.05, 4.69) is 0 Å². The van der Waals surface area contributed by atoms with Crippen LogP contribution < -0.4 is 14.4 Å². The molecule has 4 aromatic rings. The van der Waals surface area contributed by atoms with Crippen molar-refractivity contribution >= 4 is 51.9 Å². The Hall–Kier alpha value is -4.07. The maximum atomic E-state index is 13.7. The number of rotatable bonds is 7. The molecule has 0 spiro atoms. The molecule has 5 nitrogen and oxygen atoms in total. The molecule has 0 atom stereocenters. The van der Waals surface area contributed by atoms with Crippen LogP contribution in [0.2, 0.25) is 5.02 Å². The lowest BCUT2D eigenvalue weighted by molar-refractivity contribution is -0.113. The van der Waals surface area contributed by atoms with E-state index in [-0.39, 0.29) is 18.3 Å². The first-order valence-corrected chi connectivity index (χ1v) is 13.7. The normalized spacial score (nSPS) is 15.2. The number of halogens is 2. The van der Waals surface area contributed by atoms with Crippen LogP contribution in [0.15, 0.2) is 94.8 Å². The number of carbonyl (C=O) groups is 1. The summed E-state index contributed by atoms with van der Waals surface area (Å²) in [5.41, 5.74) is 5.18. The van der Waals surface area contributed by atoms with Gasteiger partial charge in [-0.15, -0.1) is 0 Å². The standard InChI is InChI=1S/C32H26ClFN2O3S/c1-20-4-12-25(13-5-20)35-32-36(26-14-6-21(2)7-15-26)31(37)29(40-32)18-23-16-27(33)30(28(17-23)38-3)39-19-22-8-10-24(34)11-9-22/h4-18H,19H2,1-3H3/b29-18-,35-32?. The minimum Gasteiger partial charge on any atom is -0.493 e. The average molecular weight is 573 g/mol. The summed E-state index contributed by atoms with van der Waals surface area (Å²) in [6.45, 7) is 4.21. The predicted molar refractivity (Wildman–Crippen MR) is 161 cm³/mol. The topological polar surface area (TPSA) is 51.1 Å². The monoisotopic (exact) mass is 572 g/mol. The van der Waals surface area contributed by atoms with Crippen LogP contribution in [0.25, 0.3) is 6.08 Å². The Morgan fingerprint density at radius 3 is 2.25 bits per heavy atom. The molecule has 202 valence electrons. The molecule has 1 aliphatic heterocycles. The van der Waals surface area contributed by atoms with E-state index >= 15 is 0 Å². The summed E-state index contributed by atoms with van der Waals surface area (Å²) in [5.74, 6) is 0.278. The number of methoxy groups -OCH3 is 1. The molecular weight excluding hydrogens is 547 g/mol. The van der Waals surface area contributed by atoms with Gasteiger partial charge in [-0.05, 0) is 91.3 Å². The minimum atomic E-state index is -0.316. The Balaban J connectivity index is 1.46. The van der Waals surface area contributed by atoms with Crippen molar-refractivity contribution in [3.8, 4) is 11.5 Å². The molecule has 40 heavy (non-hydrogen) atoms. The number of carbonyl (C=O) groups excluding carboxylic acids is 1. The first-order valence-electron chi connectivity index (χ1n) is 12.5. The fourth-order valence-electron chi connectivity index (χ4n) is 4.05. The van der Waals surface area contributed by atoms with Gasteiger partial charge in [0.15, 0.2) is 16.7 Å². The zero-order valence-corrected chi connectivity index (χ0v) is 23.7. The Kier molecular flexibility index (Phi) is 8.24. The molecule has 0 unspecified atom stereocenters. The minimum absolute atomic E-state index is 0.188. The number of ether oxygens (including phenoxy) is 2. The Morgan fingerprint density at radius 2 is 1.60 bits per heavy atom. The smallest absolute Gasteiger partial charge is 0.271 e. The largest absolute Gasteiger partial charge is 0.493 e. The van der Waals surface area contributed by atoms with E-state index in [1.165, 1.54) is 31.0 Å². The highest BCUT2D eigenvalue weighted by atomic mass is 35.5. The van der Waals surface area contributed by atoms with E-state index in [1.54, 1.807) is 35.2 Å². The van der Waals surface area contributed by atoms with Gasteiger partial charge in [-0.3, -0.25) is 9.69 Å². The maximum Gasteiger partial charge on any atom is 0.271 e. The van der Waals surface area contributed by atoms with Crippen molar-refractivity contribution in [2.24, 2.45) is 4.99 Å². The van der Waals surface area contributed by atoms with Crippen LogP contribution in [0.4, 0.5) is 15.8 Å². The molecule has 0 bridgehead atoms. The van der Waals surface area contributed by atoms with E-state index < -0.39 is 0 Å². The molecule has 5 rings (SSSR count). The molecule has 0 saturated carbocycles. The second kappa shape index (κ2) is 12.0. The van der Waals surface area contributed by atoms with Gasteiger partial charge in [0.25, 0.3) is 5.91 Å². The molecule has 0 aliphatic carbocycles. The number of amidine groups is 1. The summed E-state index contributed by atoms with van der Waals surface area (Å²) in [6.07, 6.45) is 1.77. The van der Waals surface area contributed by atoms with Crippen molar-refractivity contribution in [2.45, 2.75) is 20.5 Å². The Bertz CT molecular complexity index is 1600. The van der Waals surface area contributed by atoms with E-state index in [4.69, 9.17) is 26.1 Å². The molecule has 1 saturated heterocycles. The second-order valence-electron chi connectivity index (χ2n) is 9.27. The highest BCUT2D eigenvalue weighted by molar-refractivity contribution is 8.19. The van der Waals surface area contributed by atoms with E-state index in [9.17, 15) is 9.18 Å². The average Bonchev–Trinajstić information content (AvgIpc) is 3.24. The third-order valence-electron chi connectivity index (χ3n) is 6.20. The predicted octanol–water partition coefficient (Wildman–Crippen LogP) is 8.49. The van der Waals surface area contributed by atoms with Gasteiger partial charge in [0.2, 0.25) is 0 Å². The van der Waals surface area contributed by atoms with Crippen LogP contribution in [0.1, 0.15) is 22.3 Å². The molecule has 0 aromatic heterocycles. The van der Waals surface area contributed by atoms with Gasteiger partial charge in [-0.2, -0.15) is 0 Å². The van der Waals surface area contributed by atoms with Crippen LogP contribution in [-0.4, -0.2) is 18.2 Å². The Labute approximate surface area is 241 Å². The summed E-state index contributed by atoms with van der Waals surface area (Å²) in [5, 5.41) is 0.883. The lowest BCUT2D eigenvalue weighted by Crippen LogP contribution is -2.28. The van der Waals surface area contributed by atoms with Crippen LogP contribution >= 0.6 is 23.4 Å². The van der Waals surface area contributed by atoms with Crippen molar-refractivity contribution in [3.05, 3.63) is 123 Å². The molecular formula is C32H26ClFN2O3S. The molecule has 8 heteroatoms. The van der Waals surface area contributed by atoms with Gasteiger partial charge < -0.3 is 9.47 Å². The summed E-state index contributed by atoms with van der Waals surface area (Å²) < 4.78 is 24.7. The summed E-state index contributed by atoms with van der Waals surface area (Å²) in [6, 6.07) is 25.1. The second-order valence-corrected chi connectivity index (χ2v) is 10.7. The van der Waals surface area contributed by atoms with Gasteiger partial charge in [-0.25, -0.2) is 9.38 Å². The number of thioether (sulfide) groups is 1. The van der Waals surface area contributed by atoms with E-state index in [0.29, 0.717) is 32.2 Å². The van der Waals surface area contributed by atoms with E-state index in [0.717, 1.165) is 28.1 Å². The first kappa shape index (κ1) is 27.5. The lowest BCUT2D eigenvalue weighted by Gasteiger charge is -2.16. The first-order chi connectivity index (χ1) is 19.3. The molecule has 1 aliphatic rings. The maximum absolute atomic E-state index is 13.7. The molecule has 4 aromatic carbocycles. The fourth-order valence-corrected chi connectivity index (χ4v) is 5.33. The van der Waals surface area contributed by atoms with Crippen molar-refractivity contribution in [2.75, 3.05) is 12.0 Å². The van der Waals surface area contributed by atoms with Crippen LogP contribution in [0, 0.1) is 19.7 Å². The molecule has 0 radical (unpaired) electrons. The fraction of sp³-hybridized carbons (Fsp3) is 0.125. The molecule has 1 fully saturated rings. The highest BCUT2D eigenvalue weighted by Gasteiger charge is 2.35. The number of benzene rings is 4. The van der Waals surface area contributed by atoms with Gasteiger partial charge in [0.05, 0.1) is 28.4 Å². The third kappa shape index (κ3) is 6.22. The number of hydrogen-bond acceptors (Lipinski definition) is 5. The number of hydrogen-bond donors (Lipinski definition) is 0. The van der Waals surface area contributed by atoms with Crippen molar-refractivity contribution in [1.82, 2.24) is 0 Å². The number of aliphatic imine (C=N–C) groups is 1. The van der Waals surface area contributed by atoms with Crippen molar-refractivity contribution < 1.29 is 18.7 Å². The summed E-state index contributed by atoms with van der Waals surface area (Å²) in [7, 11) is 1.52. The zero-order valence-electron chi connectivity index (χ0n) is 22.2. The Morgan fingerprint density at radius 1 is 0.950 bits per heavy atom. The van der Waals surface area contributed by atoms with Crippen LogP contribution in [0.3, 0.4) is 0 Å². The number of amides is 1. The van der Waals surface area contributed by atoms with Crippen molar-refractivity contribution in [1.29, 1.82) is 0 Å². The van der Waals surface area contributed by atoms with Crippen molar-refractivity contribution in [3.63, 3.8) is 0 Å². The van der Waals surface area contributed by atoms with Gasteiger partial charge in [0.1, 0.15) is 12.4 Å². The zero-order chi connectivity index (χ0) is 28.2. The quantitative estimate of drug-likeness (QED) is 0.208. The summed E-state index contributed by atoms with van der Waals surface area (Å²) >= 11 is 7.89. The van der Waals surface area contributed by atoms with Crippen LogP contribution in [-0.2, 0) is 11.4 Å². The number of aryl methyl sites for hydroxylation is 2. The number of anilines is 1. The highest BCUT2D eigenvalue weighted by Crippen LogP contribution is 2.41. The third-order valence-corrected chi connectivity index (χ3v) is 7.45. The molecule has 1 amide bonds. The molecule has 0 N–H and O–H groups in total.